The van der Waals surface area contributed by atoms with E-state index in [-0.39, 0.29) is 47.1 Å². The van der Waals surface area contributed by atoms with Gasteiger partial charge in [0, 0.05) is 35.8 Å². The second kappa shape index (κ2) is 33.4. The Morgan fingerprint density at radius 2 is 0.466 bits per heavy atom. The van der Waals surface area contributed by atoms with Crippen molar-refractivity contribution in [1.29, 1.82) is 0 Å². The summed E-state index contributed by atoms with van der Waals surface area (Å²) in [5.74, 6) is 0. The predicted molar refractivity (Wildman–Crippen MR) is 289 cm³/mol. The van der Waals surface area contributed by atoms with Crippen molar-refractivity contribution < 1.29 is 56.8 Å². The second-order valence-electron chi connectivity index (χ2n) is 19.1. The van der Waals surface area contributed by atoms with E-state index in [0.717, 1.165) is 44.4 Å². The third kappa shape index (κ3) is 18.8. The fourth-order valence-corrected chi connectivity index (χ4v) is 19.3. The summed E-state index contributed by atoms with van der Waals surface area (Å²) >= 11 is 0. The Labute approximate surface area is 438 Å². The molecule has 0 aromatic heterocycles. The number of benzene rings is 4. The highest BCUT2D eigenvalue weighted by atomic mass is 31.1. The molecule has 0 bridgehead atoms. The number of hydrogen-bond acceptors (Lipinski definition) is 12. The van der Waals surface area contributed by atoms with Crippen LogP contribution in [0.5, 0.6) is 0 Å². The zero-order valence-electron chi connectivity index (χ0n) is 43.1. The molecule has 8 atom stereocenters. The minimum atomic E-state index is -0.689. The molecule has 4 unspecified atom stereocenters. The molecular weight excluding hydrogens is 963 g/mol. The van der Waals surface area contributed by atoms with Crippen LogP contribution in [-0.4, -0.2) is 192 Å². The fraction of sp³-hybridized carbons (Fsp3) is 0.593. The zero-order chi connectivity index (χ0) is 49.8. The standard InChI is InChI=1S/C59H82O12P2/c1-5-14-48(15-6-1)44-52-56-57(69-39-35-65-27-25-61-23-13-22-60-24-26-64-34-38-68-56)53(45-49-16-7-2-8-17-49)72(52)42-43-73-54(46-50-18-9-3-10-19-50)58-59(55(73)47-51-20-11-4-12-21-51)71-41-37-67-33-31-63-29-28-62-30-32-66-36-40-70-58/h1-12,14-21,52-59H,13,22-47H2/t52-,53-,54-,55-,56?,57?,58?,59?,72?,73?/m0/s1. The molecule has 0 spiro atoms. The van der Waals surface area contributed by atoms with Crippen LogP contribution in [0.4, 0.5) is 0 Å². The normalized spacial score (nSPS) is 29.8. The largest absolute Gasteiger partial charge is 0.379 e. The minimum absolute atomic E-state index is 0.129. The molecule has 4 fully saturated rings. The smallest absolute Gasteiger partial charge is 0.0914 e. The lowest BCUT2D eigenvalue weighted by molar-refractivity contribution is -0.0933. The van der Waals surface area contributed by atoms with Crippen molar-refractivity contribution in [2.24, 2.45) is 0 Å². The highest BCUT2D eigenvalue weighted by Crippen LogP contribution is 2.65. The number of rotatable bonds is 11. The highest BCUT2D eigenvalue weighted by molar-refractivity contribution is 7.63. The van der Waals surface area contributed by atoms with Crippen LogP contribution in [0.25, 0.3) is 0 Å². The molecule has 0 aliphatic carbocycles. The van der Waals surface area contributed by atoms with Gasteiger partial charge in [0.2, 0.25) is 0 Å². The molecule has 12 nitrogen and oxygen atoms in total. The molecule has 4 aliphatic rings. The lowest BCUT2D eigenvalue weighted by atomic mass is 9.98. The monoisotopic (exact) mass is 1040 g/mol. The van der Waals surface area contributed by atoms with Crippen molar-refractivity contribution in [1.82, 2.24) is 0 Å². The fourth-order valence-electron chi connectivity index (χ4n) is 10.8. The molecule has 4 aromatic carbocycles. The maximum atomic E-state index is 7.17. The Morgan fingerprint density at radius 3 is 0.699 bits per heavy atom. The van der Waals surface area contributed by atoms with Gasteiger partial charge < -0.3 is 56.8 Å². The molecule has 400 valence electrons. The molecule has 73 heavy (non-hydrogen) atoms. The van der Waals surface area contributed by atoms with Crippen molar-refractivity contribution in [3.05, 3.63) is 144 Å². The van der Waals surface area contributed by atoms with Gasteiger partial charge >= 0.3 is 0 Å². The van der Waals surface area contributed by atoms with Gasteiger partial charge in [-0.3, -0.25) is 0 Å². The average Bonchev–Trinajstić information content (AvgIpc) is 3.83. The first-order valence-electron chi connectivity index (χ1n) is 27.1. The summed E-state index contributed by atoms with van der Waals surface area (Å²) in [6.45, 7) is 10.4. The molecule has 0 radical (unpaired) electrons. The number of ether oxygens (including phenoxy) is 12. The summed E-state index contributed by atoms with van der Waals surface area (Å²) in [5.41, 5.74) is 6.31. The van der Waals surface area contributed by atoms with Gasteiger partial charge in [0.05, 0.1) is 143 Å². The summed E-state index contributed by atoms with van der Waals surface area (Å²) in [6, 6.07) is 44.1. The van der Waals surface area contributed by atoms with Gasteiger partial charge in [-0.1, -0.05) is 137 Å². The lowest BCUT2D eigenvalue weighted by Crippen LogP contribution is -2.40. The maximum absolute atomic E-state index is 7.17. The molecule has 0 N–H and O–H groups in total. The third-order valence-electron chi connectivity index (χ3n) is 14.2. The molecule has 0 amide bonds. The van der Waals surface area contributed by atoms with E-state index >= 15 is 0 Å². The van der Waals surface area contributed by atoms with Gasteiger partial charge in [0.25, 0.3) is 0 Å². The highest BCUT2D eigenvalue weighted by Gasteiger charge is 2.54. The Morgan fingerprint density at radius 1 is 0.260 bits per heavy atom. The van der Waals surface area contributed by atoms with E-state index in [2.05, 4.69) is 121 Å². The first-order chi connectivity index (χ1) is 36.3. The van der Waals surface area contributed by atoms with Gasteiger partial charge in [-0.15, -0.1) is 0 Å². The predicted octanol–water partition coefficient (Wildman–Crippen LogP) is 8.51. The molecule has 14 heteroatoms. The first kappa shape index (κ1) is 56.5. The van der Waals surface area contributed by atoms with Crippen LogP contribution in [0.3, 0.4) is 0 Å². The van der Waals surface area contributed by atoms with E-state index < -0.39 is 15.8 Å². The Bertz CT molecular complexity index is 1870. The van der Waals surface area contributed by atoms with Gasteiger partial charge in [-0.05, 0) is 66.7 Å². The SMILES string of the molecule is c1ccc(C[C@H]2C3OCCOCCOCCCOCCOCCOC3[C@H](Cc3ccccc3)P2CCP2[C@@H](Cc3ccccc3)C3OCCOCCOCCOCCOCCOC3[C@@H]2Cc2ccccc2)cc1. The summed E-state index contributed by atoms with van der Waals surface area (Å²) in [6.07, 6.45) is 6.14. The van der Waals surface area contributed by atoms with Crippen LogP contribution in [-0.2, 0) is 82.5 Å². The summed E-state index contributed by atoms with van der Waals surface area (Å²) < 4.78 is 76.4. The van der Waals surface area contributed by atoms with Crippen LogP contribution < -0.4 is 0 Å². The van der Waals surface area contributed by atoms with E-state index in [4.69, 9.17) is 56.8 Å². The third-order valence-corrected chi connectivity index (χ3v) is 21.4. The van der Waals surface area contributed by atoms with E-state index in [1.165, 1.54) is 22.3 Å². The molecule has 4 saturated heterocycles. The van der Waals surface area contributed by atoms with Crippen molar-refractivity contribution in [2.45, 2.75) is 79.2 Å². The van der Waals surface area contributed by atoms with Crippen molar-refractivity contribution in [2.75, 3.05) is 144 Å². The molecule has 8 rings (SSSR count). The van der Waals surface area contributed by atoms with Crippen LogP contribution in [0, 0.1) is 0 Å². The van der Waals surface area contributed by atoms with Gasteiger partial charge in [-0.25, -0.2) is 0 Å². The van der Waals surface area contributed by atoms with Gasteiger partial charge in [0.15, 0.2) is 0 Å². The summed E-state index contributed by atoms with van der Waals surface area (Å²) in [7, 11) is -1.38. The average molecular weight is 1050 g/mol. The molecule has 4 aromatic rings. The van der Waals surface area contributed by atoms with Crippen molar-refractivity contribution in [3.8, 4) is 0 Å². The Hall–Kier alpha value is -2.74. The molecule has 4 heterocycles. The van der Waals surface area contributed by atoms with E-state index in [0.29, 0.717) is 132 Å². The van der Waals surface area contributed by atoms with Crippen molar-refractivity contribution in [3.63, 3.8) is 0 Å². The summed E-state index contributed by atoms with van der Waals surface area (Å²) in [5, 5.41) is 0. The molecule has 0 saturated carbocycles. The van der Waals surface area contributed by atoms with Crippen LogP contribution in [0.15, 0.2) is 121 Å². The van der Waals surface area contributed by atoms with Crippen LogP contribution in [0.1, 0.15) is 28.7 Å². The van der Waals surface area contributed by atoms with Crippen LogP contribution in [0.2, 0.25) is 0 Å². The minimum Gasteiger partial charge on any atom is -0.379 e. The van der Waals surface area contributed by atoms with E-state index in [1.807, 2.05) is 0 Å². The molecule has 4 aliphatic heterocycles. The van der Waals surface area contributed by atoms with Gasteiger partial charge in [0.1, 0.15) is 0 Å². The van der Waals surface area contributed by atoms with Crippen molar-refractivity contribution >= 4 is 15.8 Å². The van der Waals surface area contributed by atoms with Crippen LogP contribution >= 0.6 is 15.8 Å². The second-order valence-corrected chi connectivity index (χ2v) is 24.7. The number of fused-ring (bicyclic) bond motifs is 2. The van der Waals surface area contributed by atoms with Gasteiger partial charge in [-0.2, -0.15) is 0 Å². The van der Waals surface area contributed by atoms with E-state index in [9.17, 15) is 0 Å². The Kier molecular flexibility index (Phi) is 25.9. The molecular formula is C59H82O12P2. The first-order valence-corrected chi connectivity index (χ1v) is 30.4. The topological polar surface area (TPSA) is 111 Å². The zero-order valence-corrected chi connectivity index (χ0v) is 44.8. The lowest BCUT2D eigenvalue weighted by Gasteiger charge is -2.32. The summed E-state index contributed by atoms with van der Waals surface area (Å²) in [4.78, 5) is 0. The van der Waals surface area contributed by atoms with E-state index in [1.54, 1.807) is 0 Å². The Balaban J connectivity index is 1.14. The maximum Gasteiger partial charge on any atom is 0.0914 e. The quantitative estimate of drug-likeness (QED) is 0.134. The number of hydrogen-bond donors (Lipinski definition) is 0.